The number of hydrogen-bond acceptors (Lipinski definition) is 5. The average Bonchev–Trinajstić information content (AvgIpc) is 2.63. The number of esters is 1. The van der Waals surface area contributed by atoms with E-state index in [0.717, 1.165) is 0 Å². The van der Waals surface area contributed by atoms with Crippen molar-refractivity contribution >= 4 is 12.0 Å². The van der Waals surface area contributed by atoms with Crippen molar-refractivity contribution in [2.24, 2.45) is 0 Å². The van der Waals surface area contributed by atoms with Crippen LogP contribution in [0.5, 0.6) is 17.2 Å². The highest BCUT2D eigenvalue weighted by atomic mass is 19.1. The van der Waals surface area contributed by atoms with Crippen molar-refractivity contribution < 1.29 is 28.1 Å². The number of halogens is 1. The molecule has 0 radical (unpaired) electrons. The van der Waals surface area contributed by atoms with E-state index in [1.54, 1.807) is 30.3 Å². The molecule has 6 heteroatoms. The summed E-state index contributed by atoms with van der Waals surface area (Å²) < 4.78 is 33.9. The number of hydrogen-bond donors (Lipinski definition) is 0. The van der Waals surface area contributed by atoms with E-state index in [1.165, 1.54) is 39.5 Å². The van der Waals surface area contributed by atoms with Crippen molar-refractivity contribution in [2.75, 3.05) is 21.3 Å². The van der Waals surface area contributed by atoms with Gasteiger partial charge in [0.2, 0.25) is 5.75 Å². The first-order valence-electron chi connectivity index (χ1n) is 7.46. The topological polar surface area (TPSA) is 54.0 Å². The molecule has 0 heterocycles. The van der Waals surface area contributed by atoms with Crippen LogP contribution in [0.25, 0.3) is 6.08 Å². The van der Waals surface area contributed by atoms with Gasteiger partial charge in [-0.25, -0.2) is 9.18 Å². The Morgan fingerprint density at radius 1 is 1.04 bits per heavy atom. The van der Waals surface area contributed by atoms with E-state index >= 15 is 0 Å². The van der Waals surface area contributed by atoms with Crippen LogP contribution in [0.1, 0.15) is 11.1 Å². The Labute approximate surface area is 145 Å². The number of benzene rings is 2. The van der Waals surface area contributed by atoms with Crippen LogP contribution >= 0.6 is 0 Å². The van der Waals surface area contributed by atoms with Crippen LogP contribution < -0.4 is 14.2 Å². The lowest BCUT2D eigenvalue weighted by Gasteiger charge is -2.12. The van der Waals surface area contributed by atoms with Crippen molar-refractivity contribution in [3.05, 3.63) is 59.4 Å². The molecular weight excluding hydrogens is 327 g/mol. The molecule has 0 aromatic heterocycles. The molecule has 5 nitrogen and oxygen atoms in total. The van der Waals surface area contributed by atoms with Gasteiger partial charge in [0.1, 0.15) is 12.4 Å². The Kier molecular flexibility index (Phi) is 6.39. The number of ether oxygens (including phenoxy) is 4. The molecule has 0 atom stereocenters. The van der Waals surface area contributed by atoms with Gasteiger partial charge >= 0.3 is 5.97 Å². The van der Waals surface area contributed by atoms with Gasteiger partial charge in [-0.3, -0.25) is 0 Å². The van der Waals surface area contributed by atoms with Crippen LogP contribution in [0.4, 0.5) is 4.39 Å². The Morgan fingerprint density at radius 3 is 2.28 bits per heavy atom. The monoisotopic (exact) mass is 346 g/mol. The van der Waals surface area contributed by atoms with Gasteiger partial charge in [0.25, 0.3) is 0 Å². The van der Waals surface area contributed by atoms with Crippen molar-refractivity contribution in [2.45, 2.75) is 6.61 Å². The fourth-order valence-corrected chi connectivity index (χ4v) is 2.19. The molecule has 0 unspecified atom stereocenters. The quantitative estimate of drug-likeness (QED) is 0.566. The fourth-order valence-electron chi connectivity index (χ4n) is 2.19. The van der Waals surface area contributed by atoms with Crippen LogP contribution in [-0.2, 0) is 16.1 Å². The maximum absolute atomic E-state index is 13.1. The maximum atomic E-state index is 13.1. The summed E-state index contributed by atoms with van der Waals surface area (Å²) in [5.41, 5.74) is 1.26. The zero-order valence-electron chi connectivity index (χ0n) is 14.2. The minimum atomic E-state index is -0.544. The SMILES string of the molecule is COc1cc(/C=C/C(=O)OCc2cccc(F)c2)cc(OC)c1OC. The molecule has 0 saturated heterocycles. The van der Waals surface area contributed by atoms with Crippen LogP contribution in [0, 0.1) is 5.82 Å². The van der Waals surface area contributed by atoms with Gasteiger partial charge in [0.05, 0.1) is 21.3 Å². The van der Waals surface area contributed by atoms with Gasteiger partial charge in [-0.1, -0.05) is 12.1 Å². The third-order valence-electron chi connectivity index (χ3n) is 3.37. The highest BCUT2D eigenvalue weighted by Crippen LogP contribution is 2.38. The second-order valence-corrected chi connectivity index (χ2v) is 5.03. The molecule has 0 amide bonds. The lowest BCUT2D eigenvalue weighted by Crippen LogP contribution is -2.01. The zero-order chi connectivity index (χ0) is 18.2. The Balaban J connectivity index is 2.06. The molecule has 2 aromatic rings. The summed E-state index contributed by atoms with van der Waals surface area (Å²) in [5, 5.41) is 0. The van der Waals surface area contributed by atoms with Crippen molar-refractivity contribution in [3.8, 4) is 17.2 Å². The smallest absolute Gasteiger partial charge is 0.331 e. The molecule has 2 aromatic carbocycles. The molecule has 0 spiro atoms. The van der Waals surface area contributed by atoms with Crippen LogP contribution in [0.2, 0.25) is 0 Å². The summed E-state index contributed by atoms with van der Waals surface area (Å²) in [4.78, 5) is 11.8. The average molecular weight is 346 g/mol. The Bertz CT molecular complexity index is 745. The summed E-state index contributed by atoms with van der Waals surface area (Å²) in [5.74, 6) is 0.514. The van der Waals surface area contributed by atoms with E-state index in [0.29, 0.717) is 28.4 Å². The summed E-state index contributed by atoms with van der Waals surface area (Å²) in [6.07, 6.45) is 2.85. The standard InChI is InChI=1S/C19H19FO5/c1-22-16-10-13(11-17(23-2)19(16)24-3)7-8-18(21)25-12-14-5-4-6-15(20)9-14/h4-11H,12H2,1-3H3/b8-7+. The lowest BCUT2D eigenvalue weighted by molar-refractivity contribution is -0.138. The molecule has 0 N–H and O–H groups in total. The van der Waals surface area contributed by atoms with E-state index in [2.05, 4.69) is 0 Å². The van der Waals surface area contributed by atoms with E-state index in [-0.39, 0.29) is 12.4 Å². The van der Waals surface area contributed by atoms with Gasteiger partial charge < -0.3 is 18.9 Å². The molecule has 0 fully saturated rings. The van der Waals surface area contributed by atoms with Crippen LogP contribution in [-0.4, -0.2) is 27.3 Å². The summed E-state index contributed by atoms with van der Waals surface area (Å²) in [6.45, 7) is -0.00378. The minimum absolute atomic E-state index is 0.00378. The first kappa shape index (κ1) is 18.3. The zero-order valence-corrected chi connectivity index (χ0v) is 14.2. The fraction of sp³-hybridized carbons (Fsp3) is 0.211. The lowest BCUT2D eigenvalue weighted by atomic mass is 10.1. The van der Waals surface area contributed by atoms with Crippen LogP contribution in [0.3, 0.4) is 0 Å². The molecule has 0 aliphatic carbocycles. The first-order chi connectivity index (χ1) is 12.1. The minimum Gasteiger partial charge on any atom is -0.493 e. The van der Waals surface area contributed by atoms with Gasteiger partial charge in [0, 0.05) is 6.08 Å². The number of carbonyl (C=O) groups is 1. The van der Waals surface area contributed by atoms with Crippen molar-refractivity contribution in [1.82, 2.24) is 0 Å². The molecular formula is C19H19FO5. The van der Waals surface area contributed by atoms with E-state index in [4.69, 9.17) is 18.9 Å². The van der Waals surface area contributed by atoms with Crippen LogP contribution in [0.15, 0.2) is 42.5 Å². The molecule has 2 rings (SSSR count). The van der Waals surface area contributed by atoms with Gasteiger partial charge in [-0.05, 0) is 41.5 Å². The first-order valence-corrected chi connectivity index (χ1v) is 7.46. The van der Waals surface area contributed by atoms with E-state index in [1.807, 2.05) is 0 Å². The number of carbonyl (C=O) groups excluding carboxylic acids is 1. The predicted molar refractivity (Wildman–Crippen MR) is 91.3 cm³/mol. The van der Waals surface area contributed by atoms with E-state index < -0.39 is 5.97 Å². The molecule has 132 valence electrons. The van der Waals surface area contributed by atoms with Gasteiger partial charge in [0.15, 0.2) is 11.5 Å². The summed E-state index contributed by atoms with van der Waals surface area (Å²) in [6, 6.07) is 9.30. The summed E-state index contributed by atoms with van der Waals surface area (Å²) in [7, 11) is 4.54. The maximum Gasteiger partial charge on any atom is 0.331 e. The third-order valence-corrected chi connectivity index (χ3v) is 3.37. The normalized spacial score (nSPS) is 10.6. The molecule has 0 saturated carbocycles. The molecule has 25 heavy (non-hydrogen) atoms. The van der Waals surface area contributed by atoms with E-state index in [9.17, 15) is 9.18 Å². The molecule has 0 bridgehead atoms. The van der Waals surface area contributed by atoms with Gasteiger partial charge in [-0.2, -0.15) is 0 Å². The van der Waals surface area contributed by atoms with Gasteiger partial charge in [-0.15, -0.1) is 0 Å². The highest BCUT2D eigenvalue weighted by molar-refractivity contribution is 5.87. The highest BCUT2D eigenvalue weighted by Gasteiger charge is 2.12. The Morgan fingerprint density at radius 2 is 1.72 bits per heavy atom. The molecule has 0 aliphatic rings. The number of rotatable bonds is 7. The van der Waals surface area contributed by atoms with Crippen molar-refractivity contribution in [3.63, 3.8) is 0 Å². The summed E-state index contributed by atoms with van der Waals surface area (Å²) >= 11 is 0. The Hall–Kier alpha value is -3.02. The molecule has 0 aliphatic heterocycles. The van der Waals surface area contributed by atoms with Crippen molar-refractivity contribution in [1.29, 1.82) is 0 Å². The third kappa shape index (κ3) is 4.97. The number of methoxy groups -OCH3 is 3. The predicted octanol–water partition coefficient (Wildman–Crippen LogP) is 3.61. The second-order valence-electron chi connectivity index (χ2n) is 5.03. The second kappa shape index (κ2) is 8.73. The largest absolute Gasteiger partial charge is 0.493 e.